The number of ether oxygens (including phenoxy) is 1. The van der Waals surface area contributed by atoms with Gasteiger partial charge in [-0.1, -0.05) is 87.5 Å². The van der Waals surface area contributed by atoms with Crippen molar-refractivity contribution in [2.45, 2.75) is 186 Å². The zero-order chi connectivity index (χ0) is 42.8. The smallest absolute Gasteiger partial charge is 0.316 e. The fourth-order valence-corrected chi connectivity index (χ4v) is 9.13. The van der Waals surface area contributed by atoms with Gasteiger partial charge in [-0.25, -0.2) is 4.79 Å². The van der Waals surface area contributed by atoms with E-state index < -0.39 is 23.0 Å². The lowest BCUT2D eigenvalue weighted by molar-refractivity contribution is -0.144. The first-order chi connectivity index (χ1) is 26.9. The second kappa shape index (κ2) is 24.8. The third-order valence-corrected chi connectivity index (χ3v) is 13.5. The first-order valence-electron chi connectivity index (χ1n) is 21.5. The summed E-state index contributed by atoms with van der Waals surface area (Å²) in [6, 6.07) is 0.384. The maximum absolute atomic E-state index is 13.6. The number of unbranched alkanes of at least 4 members (excludes halogenated alkanes) is 4. The molecule has 0 saturated carbocycles. The van der Waals surface area contributed by atoms with Crippen molar-refractivity contribution in [3.8, 4) is 0 Å². The highest BCUT2D eigenvalue weighted by Gasteiger charge is 2.60. The molecule has 322 valence electrons. The van der Waals surface area contributed by atoms with E-state index in [-0.39, 0.29) is 36.6 Å². The van der Waals surface area contributed by atoms with Gasteiger partial charge in [0.15, 0.2) is 5.76 Å². The molecule has 7 atom stereocenters. The van der Waals surface area contributed by atoms with Crippen LogP contribution in [-0.4, -0.2) is 62.9 Å². The number of ketones is 1. The third kappa shape index (κ3) is 14.9. The van der Waals surface area contributed by atoms with Gasteiger partial charge in [0, 0.05) is 23.2 Å². The molecule has 2 saturated heterocycles. The fourth-order valence-electron chi connectivity index (χ4n) is 7.72. The number of hydrogen-bond acceptors (Lipinski definition) is 8. The zero-order valence-electron chi connectivity index (χ0n) is 36.6. The van der Waals surface area contributed by atoms with Gasteiger partial charge in [0.05, 0.1) is 35.1 Å². The molecule has 0 aromatic rings. The second-order valence-electron chi connectivity index (χ2n) is 17.0. The summed E-state index contributed by atoms with van der Waals surface area (Å²) in [6.07, 6.45) is 21.6. The summed E-state index contributed by atoms with van der Waals surface area (Å²) in [5.74, 6) is -1.38. The first kappa shape index (κ1) is 50.1. The number of Topliss-reactive ketones (excluding diaryl/α,β-unsaturated/α-hetero) is 1. The minimum absolute atomic E-state index is 0.00179. The Morgan fingerprint density at radius 3 is 2.33 bits per heavy atom. The highest BCUT2D eigenvalue weighted by molar-refractivity contribution is 8.02. The molecule has 2 fully saturated rings. The van der Waals surface area contributed by atoms with E-state index in [4.69, 9.17) is 10.5 Å². The molecule has 2 amide bonds. The monoisotopic (exact) mass is 812 g/mol. The lowest BCUT2D eigenvalue weighted by Gasteiger charge is -2.42. The van der Waals surface area contributed by atoms with Gasteiger partial charge in [0.1, 0.15) is 0 Å². The Labute approximate surface area is 349 Å². The quantitative estimate of drug-likeness (QED) is 0.0661. The number of aliphatic hydroxyl groups is 2. The molecule has 10 heteroatoms. The normalized spacial score (nSPS) is 30.7. The number of nitrogens with one attached hydrogen (secondary N) is 2. The van der Waals surface area contributed by atoms with E-state index in [0.717, 1.165) is 63.4 Å². The lowest BCUT2D eigenvalue weighted by atomic mass is 9.64. The molecular formula is C47H77N3O6S. The number of aliphatic hydroxyl groups excluding tert-OH is 2. The molecule has 7 unspecified atom stereocenters. The Hall–Kier alpha value is -3.08. The third-order valence-electron chi connectivity index (χ3n) is 11.9. The Morgan fingerprint density at radius 2 is 1.70 bits per heavy atom. The average molecular weight is 812 g/mol. The van der Waals surface area contributed by atoms with Crippen LogP contribution in [-0.2, 0) is 14.3 Å². The minimum atomic E-state index is -1.19. The van der Waals surface area contributed by atoms with Crippen molar-refractivity contribution in [1.29, 1.82) is 0 Å². The van der Waals surface area contributed by atoms with Crippen LogP contribution in [0, 0.1) is 11.3 Å². The van der Waals surface area contributed by atoms with Crippen LogP contribution in [0.3, 0.4) is 0 Å². The summed E-state index contributed by atoms with van der Waals surface area (Å²) >= 11 is 1.89. The molecule has 57 heavy (non-hydrogen) atoms. The van der Waals surface area contributed by atoms with Crippen LogP contribution in [0.15, 0.2) is 71.1 Å². The van der Waals surface area contributed by atoms with Gasteiger partial charge < -0.3 is 31.3 Å². The number of fused-ring (bicyclic) bond motifs is 2. The van der Waals surface area contributed by atoms with Crippen molar-refractivity contribution < 1.29 is 29.3 Å². The summed E-state index contributed by atoms with van der Waals surface area (Å²) in [4.78, 5) is 37.0. The predicted molar refractivity (Wildman–Crippen MR) is 238 cm³/mol. The molecule has 2 aliphatic carbocycles. The molecular weight excluding hydrogens is 735 g/mol. The number of nitrogens with two attached hydrogens (primary N) is 1. The van der Waals surface area contributed by atoms with Gasteiger partial charge in [0.2, 0.25) is 5.78 Å². The Morgan fingerprint density at radius 1 is 1.04 bits per heavy atom. The summed E-state index contributed by atoms with van der Waals surface area (Å²) in [7, 11) is 0. The van der Waals surface area contributed by atoms with Crippen molar-refractivity contribution in [2.75, 3.05) is 6.61 Å². The van der Waals surface area contributed by atoms with Gasteiger partial charge in [-0.05, 0) is 111 Å². The molecule has 9 nitrogen and oxygen atoms in total. The van der Waals surface area contributed by atoms with E-state index in [1.807, 2.05) is 44.7 Å². The van der Waals surface area contributed by atoms with Crippen molar-refractivity contribution in [2.24, 2.45) is 17.1 Å². The molecule has 0 aromatic heterocycles. The van der Waals surface area contributed by atoms with Gasteiger partial charge >= 0.3 is 12.0 Å². The van der Waals surface area contributed by atoms with Crippen LogP contribution < -0.4 is 16.4 Å². The number of allylic oxidation sites excluding steroid dienone is 7. The van der Waals surface area contributed by atoms with Gasteiger partial charge in [0.25, 0.3) is 0 Å². The molecule has 2 aliphatic heterocycles. The molecule has 2 heterocycles. The number of amides is 2. The Kier molecular flexibility index (Phi) is 21.7. The van der Waals surface area contributed by atoms with E-state index in [1.54, 1.807) is 0 Å². The van der Waals surface area contributed by atoms with Crippen LogP contribution in [0.5, 0.6) is 0 Å². The number of rotatable bonds is 14. The summed E-state index contributed by atoms with van der Waals surface area (Å²) in [5, 5.41) is 28.7. The van der Waals surface area contributed by atoms with E-state index in [0.29, 0.717) is 41.5 Å². The van der Waals surface area contributed by atoms with Crippen LogP contribution >= 0.6 is 11.8 Å². The Bertz CT molecular complexity index is 1500. The number of carbonyl (C=O) groups is 3. The minimum Gasteiger partial charge on any atom is -0.504 e. The summed E-state index contributed by atoms with van der Waals surface area (Å²) in [6.45, 7) is 23.4. The largest absolute Gasteiger partial charge is 0.504 e. The second-order valence-corrected chi connectivity index (χ2v) is 18.4. The lowest BCUT2D eigenvalue weighted by Crippen LogP contribution is -2.56. The van der Waals surface area contributed by atoms with Crippen LogP contribution in [0.1, 0.15) is 158 Å². The van der Waals surface area contributed by atoms with Gasteiger partial charge in [-0.15, -0.1) is 24.9 Å². The van der Waals surface area contributed by atoms with Crippen LogP contribution in [0.25, 0.3) is 0 Å². The maximum Gasteiger partial charge on any atom is 0.316 e. The molecule has 0 bridgehead atoms. The zero-order valence-corrected chi connectivity index (χ0v) is 37.5. The van der Waals surface area contributed by atoms with Gasteiger partial charge in [-0.2, -0.15) is 0 Å². The summed E-state index contributed by atoms with van der Waals surface area (Å²) in [5.41, 5.74) is 9.84. The predicted octanol–water partition coefficient (Wildman–Crippen LogP) is 10.6. The SMILES string of the molecule is C=C(C)CCCCC1SC2NC(=O)NC12.C=CCC.CCCCCCC(=O)OCC(C)C1=C(O)C(=O)C2(C)C/C=C(\C)CC/C=C(/C)CCC(O)/C(C)=C/CC12N. The molecule has 6 N–H and O–H groups in total. The Balaban J connectivity index is 0.000000481. The van der Waals surface area contributed by atoms with Crippen LogP contribution in [0.4, 0.5) is 4.79 Å². The number of esters is 1. The number of urea groups is 1. The average Bonchev–Trinajstić information content (AvgIpc) is 3.54. The summed E-state index contributed by atoms with van der Waals surface area (Å²) < 4.78 is 5.56. The van der Waals surface area contributed by atoms with E-state index in [9.17, 15) is 24.6 Å². The van der Waals surface area contributed by atoms with Crippen molar-refractivity contribution in [1.82, 2.24) is 10.6 Å². The first-order valence-corrected chi connectivity index (χ1v) is 22.5. The highest BCUT2D eigenvalue weighted by atomic mass is 32.2. The highest BCUT2D eigenvalue weighted by Crippen LogP contribution is 2.52. The van der Waals surface area contributed by atoms with Crippen molar-refractivity contribution in [3.63, 3.8) is 0 Å². The van der Waals surface area contributed by atoms with E-state index >= 15 is 0 Å². The van der Waals surface area contributed by atoms with E-state index in [2.05, 4.69) is 70.6 Å². The number of thioether (sulfide) groups is 1. The molecule has 0 aromatic carbocycles. The molecule has 0 spiro atoms. The fraction of sp³-hybridized carbons (Fsp3) is 0.681. The molecule has 4 aliphatic rings. The van der Waals surface area contributed by atoms with Crippen molar-refractivity contribution in [3.05, 3.63) is 71.1 Å². The van der Waals surface area contributed by atoms with Crippen molar-refractivity contribution >= 4 is 29.5 Å². The molecule has 0 radical (unpaired) electrons. The van der Waals surface area contributed by atoms with E-state index in [1.165, 1.54) is 36.0 Å². The molecule has 4 rings (SSSR count). The maximum atomic E-state index is 13.6. The topological polar surface area (TPSA) is 151 Å². The standard InChI is InChI=1S/C32H51NO5.C11H18N2OS.C4H8/c1-7-8-9-10-14-27(35)38-21-25(5)28-29(36)30(37)31(6)19-17-23(3)13-11-12-22(2)15-16-26(34)24(4)18-20-32(28,31)33;1-7(2)5-3-4-6-8-9-10(15-8)13-11(14)12-9;1-3-4-2/h12,17-18,25-26,34,36H,7-11,13-16,19-21,33H2,1-6H3;8-10H,1,3-6H2,2H3,(H2,12,13,14);3H,1,4H2,2H3/b22-12-,23-17+,24-18+;;. The number of hydrogen-bond donors (Lipinski definition) is 5. The van der Waals surface area contributed by atoms with Crippen LogP contribution in [0.2, 0.25) is 0 Å². The van der Waals surface area contributed by atoms with Gasteiger partial charge in [-0.3, -0.25) is 9.59 Å². The number of carbonyl (C=O) groups excluding carboxylic acids is 3.